The van der Waals surface area contributed by atoms with Crippen molar-refractivity contribution < 1.29 is 27.1 Å². The lowest BCUT2D eigenvalue weighted by Crippen LogP contribution is -2.31. The maximum absolute atomic E-state index is 14.4. The summed E-state index contributed by atoms with van der Waals surface area (Å²) in [6, 6.07) is 8.43. The fourth-order valence-corrected chi connectivity index (χ4v) is 2.72. The number of halogens is 4. The number of pyridine rings is 2. The predicted octanol–water partition coefficient (Wildman–Crippen LogP) is 4.16. The zero-order chi connectivity index (χ0) is 21.0. The molecule has 3 aromatic rings. The van der Waals surface area contributed by atoms with E-state index in [2.05, 4.69) is 15.3 Å². The van der Waals surface area contributed by atoms with Gasteiger partial charge in [0.25, 0.3) is 5.91 Å². The van der Waals surface area contributed by atoms with E-state index in [1.807, 2.05) is 0 Å². The van der Waals surface area contributed by atoms with Crippen LogP contribution >= 0.6 is 0 Å². The SMILES string of the molecule is COc1ncccc1C(=O)N[C@@H](c1ccc(C(F)(F)F)cc1)c1ncccc1F. The van der Waals surface area contributed by atoms with E-state index in [-0.39, 0.29) is 22.7 Å². The van der Waals surface area contributed by atoms with Crippen LogP contribution in [-0.2, 0) is 6.18 Å². The lowest BCUT2D eigenvalue weighted by atomic mass is 10.0. The number of methoxy groups -OCH3 is 1. The first kappa shape index (κ1) is 20.2. The van der Waals surface area contributed by atoms with E-state index in [1.165, 1.54) is 49.8 Å². The molecule has 0 unspecified atom stereocenters. The third-order valence-electron chi connectivity index (χ3n) is 4.12. The number of benzene rings is 1. The van der Waals surface area contributed by atoms with Crippen molar-refractivity contribution in [2.45, 2.75) is 12.2 Å². The molecule has 0 fully saturated rings. The second kappa shape index (κ2) is 8.26. The summed E-state index contributed by atoms with van der Waals surface area (Å²) in [6.45, 7) is 0. The fraction of sp³-hybridized carbons (Fsp3) is 0.150. The second-order valence-electron chi connectivity index (χ2n) is 5.96. The van der Waals surface area contributed by atoms with E-state index in [0.29, 0.717) is 0 Å². The molecule has 0 spiro atoms. The monoisotopic (exact) mass is 405 g/mol. The Morgan fingerprint density at radius 2 is 1.69 bits per heavy atom. The zero-order valence-corrected chi connectivity index (χ0v) is 15.1. The summed E-state index contributed by atoms with van der Waals surface area (Å²) in [5.74, 6) is -1.31. The molecule has 150 valence electrons. The van der Waals surface area contributed by atoms with Crippen molar-refractivity contribution in [3.05, 3.63) is 89.1 Å². The van der Waals surface area contributed by atoms with Gasteiger partial charge in [-0.05, 0) is 42.0 Å². The minimum absolute atomic E-state index is 0.0534. The van der Waals surface area contributed by atoms with Crippen molar-refractivity contribution in [1.82, 2.24) is 15.3 Å². The molecule has 0 aliphatic heterocycles. The number of nitrogens with one attached hydrogen (secondary N) is 1. The van der Waals surface area contributed by atoms with Gasteiger partial charge >= 0.3 is 6.18 Å². The second-order valence-corrected chi connectivity index (χ2v) is 5.96. The van der Waals surface area contributed by atoms with Gasteiger partial charge in [0.2, 0.25) is 5.88 Å². The Kier molecular flexibility index (Phi) is 5.76. The van der Waals surface area contributed by atoms with Crippen molar-refractivity contribution in [3.8, 4) is 5.88 Å². The quantitative estimate of drug-likeness (QED) is 0.648. The van der Waals surface area contributed by atoms with Crippen LogP contribution in [-0.4, -0.2) is 23.0 Å². The number of amides is 1. The molecule has 0 aliphatic carbocycles. The number of hydrogen-bond donors (Lipinski definition) is 1. The standard InChI is InChI=1S/C20H15F4N3O2/c1-29-19-14(4-2-11-26-19)18(28)27-16(17-15(21)5-3-10-25-17)12-6-8-13(9-7-12)20(22,23)24/h2-11,16H,1H3,(H,27,28)/t16-/m0/s1. The summed E-state index contributed by atoms with van der Waals surface area (Å²) in [5, 5.41) is 2.60. The van der Waals surface area contributed by atoms with Gasteiger partial charge in [0.15, 0.2) is 0 Å². The molecule has 2 heterocycles. The van der Waals surface area contributed by atoms with Crippen molar-refractivity contribution in [2.75, 3.05) is 7.11 Å². The van der Waals surface area contributed by atoms with Crippen LogP contribution in [0.3, 0.4) is 0 Å². The van der Waals surface area contributed by atoms with Crippen LogP contribution < -0.4 is 10.1 Å². The predicted molar refractivity (Wildman–Crippen MR) is 95.7 cm³/mol. The Morgan fingerprint density at radius 1 is 1.03 bits per heavy atom. The van der Waals surface area contributed by atoms with Crippen LogP contribution in [0.4, 0.5) is 17.6 Å². The van der Waals surface area contributed by atoms with Crippen LogP contribution in [0, 0.1) is 5.82 Å². The van der Waals surface area contributed by atoms with E-state index < -0.39 is 29.5 Å². The number of carbonyl (C=O) groups excluding carboxylic acids is 1. The molecule has 1 atom stereocenters. The summed E-state index contributed by atoms with van der Waals surface area (Å²) in [4.78, 5) is 20.6. The summed E-state index contributed by atoms with van der Waals surface area (Å²) in [7, 11) is 1.34. The highest BCUT2D eigenvalue weighted by Gasteiger charge is 2.31. The van der Waals surface area contributed by atoms with Crippen LogP contribution in [0.5, 0.6) is 5.88 Å². The van der Waals surface area contributed by atoms with E-state index in [9.17, 15) is 22.4 Å². The summed E-state index contributed by atoms with van der Waals surface area (Å²) in [5.41, 5.74) is -0.680. The van der Waals surface area contributed by atoms with Gasteiger partial charge in [-0.1, -0.05) is 12.1 Å². The molecular weight excluding hydrogens is 390 g/mol. The fourth-order valence-electron chi connectivity index (χ4n) is 2.72. The molecular formula is C20H15F4N3O2. The van der Waals surface area contributed by atoms with E-state index in [4.69, 9.17) is 4.74 Å². The van der Waals surface area contributed by atoms with Gasteiger partial charge in [0.1, 0.15) is 17.1 Å². The first-order valence-corrected chi connectivity index (χ1v) is 8.38. The normalized spacial score (nSPS) is 12.3. The Balaban J connectivity index is 2.00. The average molecular weight is 405 g/mol. The molecule has 0 radical (unpaired) electrons. The first-order chi connectivity index (χ1) is 13.8. The smallest absolute Gasteiger partial charge is 0.416 e. The Bertz CT molecular complexity index is 1010. The Labute approximate surface area is 163 Å². The van der Waals surface area contributed by atoms with E-state index in [0.717, 1.165) is 18.2 Å². The molecule has 29 heavy (non-hydrogen) atoms. The lowest BCUT2D eigenvalue weighted by molar-refractivity contribution is -0.137. The van der Waals surface area contributed by atoms with Crippen LogP contribution in [0.15, 0.2) is 60.9 Å². The largest absolute Gasteiger partial charge is 0.480 e. The van der Waals surface area contributed by atoms with Crippen molar-refractivity contribution in [3.63, 3.8) is 0 Å². The van der Waals surface area contributed by atoms with Crippen LogP contribution in [0.2, 0.25) is 0 Å². The summed E-state index contributed by atoms with van der Waals surface area (Å²) >= 11 is 0. The topological polar surface area (TPSA) is 64.1 Å². The molecule has 2 aromatic heterocycles. The van der Waals surface area contributed by atoms with E-state index >= 15 is 0 Å². The molecule has 5 nitrogen and oxygen atoms in total. The maximum atomic E-state index is 14.4. The van der Waals surface area contributed by atoms with Gasteiger partial charge in [-0.25, -0.2) is 9.37 Å². The summed E-state index contributed by atoms with van der Waals surface area (Å²) < 4.78 is 58.0. The lowest BCUT2D eigenvalue weighted by Gasteiger charge is -2.20. The number of rotatable bonds is 5. The van der Waals surface area contributed by atoms with Crippen molar-refractivity contribution in [2.24, 2.45) is 0 Å². The Morgan fingerprint density at radius 3 is 2.31 bits per heavy atom. The zero-order valence-electron chi connectivity index (χ0n) is 15.1. The minimum Gasteiger partial charge on any atom is -0.480 e. The highest BCUT2D eigenvalue weighted by molar-refractivity contribution is 5.96. The number of hydrogen-bond acceptors (Lipinski definition) is 4. The number of alkyl halides is 3. The average Bonchev–Trinajstić information content (AvgIpc) is 2.72. The van der Waals surface area contributed by atoms with Crippen molar-refractivity contribution in [1.29, 1.82) is 0 Å². The third kappa shape index (κ3) is 4.50. The van der Waals surface area contributed by atoms with Crippen LogP contribution in [0.25, 0.3) is 0 Å². The molecule has 0 aliphatic rings. The highest BCUT2D eigenvalue weighted by atomic mass is 19.4. The van der Waals surface area contributed by atoms with Gasteiger partial charge in [-0.15, -0.1) is 0 Å². The Hall–Kier alpha value is -3.49. The van der Waals surface area contributed by atoms with Gasteiger partial charge in [0, 0.05) is 12.4 Å². The maximum Gasteiger partial charge on any atom is 0.416 e. The highest BCUT2D eigenvalue weighted by Crippen LogP contribution is 2.31. The molecule has 1 amide bonds. The first-order valence-electron chi connectivity index (χ1n) is 8.38. The molecule has 1 N–H and O–H groups in total. The molecule has 3 rings (SSSR count). The van der Waals surface area contributed by atoms with Crippen LogP contribution in [0.1, 0.15) is 33.2 Å². The van der Waals surface area contributed by atoms with Gasteiger partial charge in [-0.3, -0.25) is 9.78 Å². The molecule has 1 aromatic carbocycles. The molecule has 0 saturated heterocycles. The number of nitrogens with zero attached hydrogens (tertiary/aromatic N) is 2. The number of ether oxygens (including phenoxy) is 1. The van der Waals surface area contributed by atoms with Crippen molar-refractivity contribution >= 4 is 5.91 Å². The summed E-state index contributed by atoms with van der Waals surface area (Å²) in [6.07, 6.45) is -1.76. The van der Waals surface area contributed by atoms with E-state index in [1.54, 1.807) is 0 Å². The molecule has 9 heteroatoms. The van der Waals surface area contributed by atoms with Gasteiger partial charge in [-0.2, -0.15) is 13.2 Å². The molecule has 0 saturated carbocycles. The van der Waals surface area contributed by atoms with Gasteiger partial charge < -0.3 is 10.1 Å². The third-order valence-corrected chi connectivity index (χ3v) is 4.12. The number of carbonyl (C=O) groups is 1. The van der Waals surface area contributed by atoms with Gasteiger partial charge in [0.05, 0.1) is 18.7 Å². The molecule has 0 bridgehead atoms. The minimum atomic E-state index is -4.52. The number of aromatic nitrogens is 2.